The van der Waals surface area contributed by atoms with Crippen molar-refractivity contribution in [3.63, 3.8) is 0 Å². The fraction of sp³-hybridized carbons (Fsp3) is 1.00. The predicted octanol–water partition coefficient (Wildman–Crippen LogP) is 0.161. The van der Waals surface area contributed by atoms with E-state index >= 15 is 0 Å². The lowest BCUT2D eigenvalue weighted by Gasteiger charge is -2.19. The maximum Gasteiger partial charge on any atom is 0.163 e. The van der Waals surface area contributed by atoms with E-state index < -0.39 is 15.6 Å². The van der Waals surface area contributed by atoms with Gasteiger partial charge in [0.05, 0.1) is 18.5 Å². The van der Waals surface area contributed by atoms with Gasteiger partial charge in [0, 0.05) is 18.8 Å². The Hall–Kier alpha value is -0.170. The molecule has 0 aromatic heterocycles. The molecular formula is C10H21NO4S. The van der Waals surface area contributed by atoms with Gasteiger partial charge in [0.25, 0.3) is 0 Å². The second kappa shape index (κ2) is 5.00. The van der Waals surface area contributed by atoms with Crippen LogP contribution >= 0.6 is 0 Å². The summed E-state index contributed by atoms with van der Waals surface area (Å²) in [6.45, 7) is 6.74. The van der Waals surface area contributed by atoms with Crippen molar-refractivity contribution >= 4 is 9.84 Å². The first-order valence-corrected chi connectivity index (χ1v) is 7.47. The fourth-order valence-electron chi connectivity index (χ4n) is 1.71. The first-order valence-electron chi connectivity index (χ1n) is 5.41. The standard InChI is InChI=1S/C10H21NO4S/c1-8(7-16(4,12)13)11-5-9-6-14-10(2,3)15-9/h8-9,11H,5-7H2,1-4H3. The molecule has 1 N–H and O–H groups in total. The van der Waals surface area contributed by atoms with Crippen LogP contribution in [0, 0.1) is 0 Å². The van der Waals surface area contributed by atoms with Crippen LogP contribution in [0.3, 0.4) is 0 Å². The first kappa shape index (κ1) is 13.9. The van der Waals surface area contributed by atoms with Crippen molar-refractivity contribution in [1.29, 1.82) is 0 Å². The van der Waals surface area contributed by atoms with Gasteiger partial charge < -0.3 is 14.8 Å². The summed E-state index contributed by atoms with van der Waals surface area (Å²) in [5.41, 5.74) is 0. The van der Waals surface area contributed by atoms with Crippen molar-refractivity contribution in [3.8, 4) is 0 Å². The Balaban J connectivity index is 2.26. The number of hydrogen-bond donors (Lipinski definition) is 1. The van der Waals surface area contributed by atoms with Crippen molar-refractivity contribution in [2.24, 2.45) is 0 Å². The molecule has 0 bridgehead atoms. The van der Waals surface area contributed by atoms with E-state index in [0.29, 0.717) is 13.2 Å². The lowest BCUT2D eigenvalue weighted by atomic mass is 10.3. The van der Waals surface area contributed by atoms with E-state index in [4.69, 9.17) is 9.47 Å². The zero-order valence-corrected chi connectivity index (χ0v) is 11.1. The highest BCUT2D eigenvalue weighted by Crippen LogP contribution is 2.21. The Morgan fingerprint density at radius 2 is 2.12 bits per heavy atom. The van der Waals surface area contributed by atoms with Crippen molar-refractivity contribution in [2.45, 2.75) is 38.7 Å². The minimum atomic E-state index is -2.93. The van der Waals surface area contributed by atoms with Gasteiger partial charge in [-0.25, -0.2) is 8.42 Å². The van der Waals surface area contributed by atoms with E-state index in [9.17, 15) is 8.42 Å². The Morgan fingerprint density at radius 3 is 2.56 bits per heavy atom. The van der Waals surface area contributed by atoms with E-state index in [0.717, 1.165) is 0 Å². The van der Waals surface area contributed by atoms with E-state index in [1.165, 1.54) is 6.26 Å². The molecule has 1 fully saturated rings. The summed E-state index contributed by atoms with van der Waals surface area (Å²) in [6.07, 6.45) is 1.24. The highest BCUT2D eigenvalue weighted by atomic mass is 32.2. The van der Waals surface area contributed by atoms with Crippen molar-refractivity contribution in [3.05, 3.63) is 0 Å². The average molecular weight is 251 g/mol. The molecule has 1 rings (SSSR count). The third-order valence-corrected chi connectivity index (χ3v) is 3.42. The largest absolute Gasteiger partial charge is 0.348 e. The van der Waals surface area contributed by atoms with Crippen LogP contribution in [-0.4, -0.2) is 51.5 Å². The van der Waals surface area contributed by atoms with Crippen molar-refractivity contribution < 1.29 is 17.9 Å². The van der Waals surface area contributed by atoms with E-state index in [-0.39, 0.29) is 17.9 Å². The molecule has 0 spiro atoms. The minimum Gasteiger partial charge on any atom is -0.348 e. The highest BCUT2D eigenvalue weighted by Gasteiger charge is 2.32. The second-order valence-corrected chi connectivity index (χ2v) is 7.04. The molecule has 0 aliphatic carbocycles. The minimum absolute atomic E-state index is 0.00277. The predicted molar refractivity (Wildman–Crippen MR) is 62.1 cm³/mol. The van der Waals surface area contributed by atoms with E-state index in [1.54, 1.807) is 0 Å². The van der Waals surface area contributed by atoms with Crippen LogP contribution < -0.4 is 5.32 Å². The van der Waals surface area contributed by atoms with E-state index in [2.05, 4.69) is 5.32 Å². The van der Waals surface area contributed by atoms with Gasteiger partial charge in [-0.15, -0.1) is 0 Å². The van der Waals surface area contributed by atoms with Crippen LogP contribution in [0.2, 0.25) is 0 Å². The molecule has 1 aliphatic heterocycles. The first-order chi connectivity index (χ1) is 7.18. The molecule has 0 saturated carbocycles. The lowest BCUT2D eigenvalue weighted by molar-refractivity contribution is -0.137. The molecular weight excluding hydrogens is 230 g/mol. The van der Waals surface area contributed by atoms with Gasteiger partial charge in [-0.2, -0.15) is 0 Å². The normalized spacial score (nSPS) is 26.9. The summed E-state index contributed by atoms with van der Waals surface area (Å²) in [6, 6.07) is -0.0673. The smallest absolute Gasteiger partial charge is 0.163 e. The Labute approximate surface area is 97.4 Å². The van der Waals surface area contributed by atoms with Crippen molar-refractivity contribution in [2.75, 3.05) is 25.2 Å². The molecule has 0 aromatic carbocycles. The zero-order chi connectivity index (χ0) is 12.4. The van der Waals surface area contributed by atoms with Gasteiger partial charge in [-0.1, -0.05) is 0 Å². The molecule has 1 aliphatic rings. The van der Waals surface area contributed by atoms with Crippen LogP contribution in [-0.2, 0) is 19.3 Å². The molecule has 2 atom stereocenters. The highest BCUT2D eigenvalue weighted by molar-refractivity contribution is 7.90. The molecule has 1 heterocycles. The Morgan fingerprint density at radius 1 is 1.50 bits per heavy atom. The maximum absolute atomic E-state index is 11.0. The van der Waals surface area contributed by atoms with Gasteiger partial charge in [-0.3, -0.25) is 0 Å². The molecule has 0 amide bonds. The van der Waals surface area contributed by atoms with Gasteiger partial charge >= 0.3 is 0 Å². The third kappa shape index (κ3) is 5.25. The summed E-state index contributed by atoms with van der Waals surface area (Å²) in [5, 5.41) is 3.13. The monoisotopic (exact) mass is 251 g/mol. The molecule has 5 nitrogen and oxygen atoms in total. The van der Waals surface area contributed by atoms with Crippen LogP contribution in [0.1, 0.15) is 20.8 Å². The van der Waals surface area contributed by atoms with Gasteiger partial charge in [0.2, 0.25) is 0 Å². The van der Waals surface area contributed by atoms with Crippen molar-refractivity contribution in [1.82, 2.24) is 5.32 Å². The van der Waals surface area contributed by atoms with Gasteiger partial charge in [-0.05, 0) is 20.8 Å². The number of ether oxygens (including phenoxy) is 2. The average Bonchev–Trinajstić information content (AvgIpc) is 2.39. The SMILES string of the molecule is CC(CS(C)(=O)=O)NCC1COC(C)(C)O1. The fourth-order valence-corrected chi connectivity index (χ4v) is 2.74. The lowest BCUT2D eigenvalue weighted by Crippen LogP contribution is -2.39. The second-order valence-electron chi connectivity index (χ2n) is 4.85. The quantitative estimate of drug-likeness (QED) is 0.754. The summed E-state index contributed by atoms with van der Waals surface area (Å²) < 4.78 is 33.1. The molecule has 16 heavy (non-hydrogen) atoms. The Kier molecular flexibility index (Phi) is 4.34. The molecule has 1 saturated heterocycles. The number of sulfone groups is 1. The third-order valence-electron chi connectivity index (χ3n) is 2.31. The van der Waals surface area contributed by atoms with Crippen LogP contribution in [0.25, 0.3) is 0 Å². The van der Waals surface area contributed by atoms with Gasteiger partial charge in [0.15, 0.2) is 5.79 Å². The van der Waals surface area contributed by atoms with Crippen LogP contribution in [0.4, 0.5) is 0 Å². The van der Waals surface area contributed by atoms with Crippen LogP contribution in [0.15, 0.2) is 0 Å². The summed E-state index contributed by atoms with van der Waals surface area (Å²) >= 11 is 0. The summed E-state index contributed by atoms with van der Waals surface area (Å²) in [5.74, 6) is -0.379. The topological polar surface area (TPSA) is 64.6 Å². The molecule has 96 valence electrons. The van der Waals surface area contributed by atoms with Gasteiger partial charge in [0.1, 0.15) is 9.84 Å². The molecule has 0 radical (unpaired) electrons. The van der Waals surface area contributed by atoms with Crippen LogP contribution in [0.5, 0.6) is 0 Å². The molecule has 6 heteroatoms. The number of hydrogen-bond acceptors (Lipinski definition) is 5. The zero-order valence-electron chi connectivity index (χ0n) is 10.3. The molecule has 0 aromatic rings. The number of nitrogens with one attached hydrogen (secondary N) is 1. The van der Waals surface area contributed by atoms with E-state index in [1.807, 2.05) is 20.8 Å². The summed E-state index contributed by atoms with van der Waals surface area (Å²) in [7, 11) is -2.93. The summed E-state index contributed by atoms with van der Waals surface area (Å²) in [4.78, 5) is 0. The maximum atomic E-state index is 11.0. The molecule has 2 unspecified atom stereocenters. The number of rotatable bonds is 5. The Bertz CT molecular complexity index is 326.